The van der Waals surface area contributed by atoms with Crippen molar-refractivity contribution in [3.63, 3.8) is 0 Å². The number of hydrogen-bond acceptors (Lipinski definition) is 4. The van der Waals surface area contributed by atoms with Crippen molar-refractivity contribution in [2.75, 3.05) is 5.73 Å². The van der Waals surface area contributed by atoms with E-state index in [0.29, 0.717) is 6.07 Å². The average Bonchev–Trinajstić information content (AvgIpc) is 2.18. The lowest BCUT2D eigenvalue weighted by molar-refractivity contribution is -0.274. The van der Waals surface area contributed by atoms with E-state index in [1.807, 2.05) is 0 Å². The molecule has 1 rings (SSSR count). The maximum atomic E-state index is 12.3. The lowest BCUT2D eigenvalue weighted by atomic mass is 10.2. The number of nitriles is 1. The zero-order valence-corrected chi connectivity index (χ0v) is 7.68. The number of ether oxygens (including phenoxy) is 1. The molecule has 1 aromatic rings. The van der Waals surface area contributed by atoms with Gasteiger partial charge in [0.05, 0.1) is 11.3 Å². The van der Waals surface area contributed by atoms with Crippen LogP contribution in [0, 0.1) is 11.3 Å². The summed E-state index contributed by atoms with van der Waals surface area (Å²) >= 11 is 0. The fraction of sp³-hybridized carbons (Fsp3) is 0.250. The van der Waals surface area contributed by atoms with Crippen molar-refractivity contribution in [3.05, 3.63) is 17.3 Å². The summed E-state index contributed by atoms with van der Waals surface area (Å²) in [4.78, 5) is 3.30. The molecule has 0 bridgehead atoms. The smallest absolute Gasteiger partial charge is 0.402 e. The average molecular weight is 235 g/mol. The van der Waals surface area contributed by atoms with E-state index in [9.17, 15) is 17.6 Å². The van der Waals surface area contributed by atoms with Crippen LogP contribution >= 0.6 is 0 Å². The zero-order chi connectivity index (χ0) is 12.3. The van der Waals surface area contributed by atoms with Crippen molar-refractivity contribution in [1.82, 2.24) is 4.98 Å². The van der Waals surface area contributed by atoms with E-state index in [-0.39, 0.29) is 11.3 Å². The van der Waals surface area contributed by atoms with E-state index in [2.05, 4.69) is 9.72 Å². The molecule has 0 spiro atoms. The van der Waals surface area contributed by atoms with Crippen LogP contribution in [0.1, 0.15) is 11.3 Å². The second-order valence-electron chi connectivity index (χ2n) is 2.66. The molecule has 16 heavy (non-hydrogen) atoms. The molecule has 2 N–H and O–H groups in total. The first-order valence-electron chi connectivity index (χ1n) is 3.88. The first-order chi connectivity index (χ1) is 7.37. The molecule has 0 fully saturated rings. The molecule has 0 aliphatic heterocycles. The number of pyridine rings is 1. The molecular formula is C8H5F4N3O. The van der Waals surface area contributed by atoms with Crippen LogP contribution in [0.25, 0.3) is 0 Å². The Kier molecular flexibility index (Phi) is 3.17. The van der Waals surface area contributed by atoms with Gasteiger partial charge in [-0.1, -0.05) is 0 Å². The van der Waals surface area contributed by atoms with E-state index in [4.69, 9.17) is 11.0 Å². The van der Waals surface area contributed by atoms with Gasteiger partial charge in [0.1, 0.15) is 12.7 Å². The zero-order valence-electron chi connectivity index (χ0n) is 7.68. The maximum Gasteiger partial charge on any atom is 0.573 e. The van der Waals surface area contributed by atoms with Crippen molar-refractivity contribution >= 4 is 5.82 Å². The topological polar surface area (TPSA) is 71.9 Å². The number of nitrogen functional groups attached to an aromatic ring is 1. The number of anilines is 1. The summed E-state index contributed by atoms with van der Waals surface area (Å²) in [6.07, 6.45) is -4.94. The molecule has 86 valence electrons. The second-order valence-corrected chi connectivity index (χ2v) is 2.66. The normalized spacial score (nSPS) is 10.9. The number of rotatable bonds is 2. The van der Waals surface area contributed by atoms with E-state index < -0.39 is 24.6 Å². The van der Waals surface area contributed by atoms with Gasteiger partial charge in [-0.15, -0.1) is 13.2 Å². The molecule has 0 aliphatic carbocycles. The third-order valence-electron chi connectivity index (χ3n) is 1.57. The number of halogens is 4. The van der Waals surface area contributed by atoms with Crippen LogP contribution in [0.3, 0.4) is 0 Å². The van der Waals surface area contributed by atoms with Gasteiger partial charge in [-0.2, -0.15) is 5.26 Å². The standard InChI is InChI=1S/C8H5F4N3O/c9-2-5-4(3-13)1-6(7(14)15-5)16-8(10,11)12/h1H,2H2,(H2,14,15). The number of alkyl halides is 4. The van der Waals surface area contributed by atoms with Gasteiger partial charge in [0.15, 0.2) is 11.6 Å². The molecule has 0 unspecified atom stereocenters. The van der Waals surface area contributed by atoms with E-state index in [0.717, 1.165) is 0 Å². The summed E-state index contributed by atoms with van der Waals surface area (Å²) in [6.45, 7) is -1.10. The highest BCUT2D eigenvalue weighted by atomic mass is 19.4. The Hall–Kier alpha value is -2.04. The van der Waals surface area contributed by atoms with E-state index in [1.165, 1.54) is 6.07 Å². The van der Waals surface area contributed by atoms with Crippen LogP contribution in [0.2, 0.25) is 0 Å². The van der Waals surface area contributed by atoms with Gasteiger partial charge in [0, 0.05) is 6.07 Å². The molecule has 0 saturated heterocycles. The third-order valence-corrected chi connectivity index (χ3v) is 1.57. The highest BCUT2D eigenvalue weighted by Crippen LogP contribution is 2.29. The molecule has 0 atom stereocenters. The first kappa shape index (κ1) is 12.0. The summed E-state index contributed by atoms with van der Waals surface area (Å²) in [5.74, 6) is -1.44. The lowest BCUT2D eigenvalue weighted by Crippen LogP contribution is -2.18. The lowest BCUT2D eigenvalue weighted by Gasteiger charge is -2.11. The molecule has 0 radical (unpaired) electrons. The molecule has 0 aromatic carbocycles. The molecule has 0 aliphatic rings. The van der Waals surface area contributed by atoms with Gasteiger partial charge in [-0.25, -0.2) is 9.37 Å². The summed E-state index contributed by atoms with van der Waals surface area (Å²) in [7, 11) is 0. The summed E-state index contributed by atoms with van der Waals surface area (Å²) in [5.41, 5.74) is 4.44. The minimum Gasteiger partial charge on any atom is -0.402 e. The van der Waals surface area contributed by atoms with Crippen molar-refractivity contribution in [2.24, 2.45) is 0 Å². The summed E-state index contributed by atoms with van der Waals surface area (Å²) < 4.78 is 51.4. The predicted molar refractivity (Wildman–Crippen MR) is 44.9 cm³/mol. The van der Waals surface area contributed by atoms with Crippen LogP contribution in [-0.2, 0) is 6.67 Å². The fourth-order valence-corrected chi connectivity index (χ4v) is 0.954. The minimum atomic E-state index is -4.94. The van der Waals surface area contributed by atoms with Crippen LogP contribution in [-0.4, -0.2) is 11.3 Å². The molecule has 0 saturated carbocycles. The summed E-state index contributed by atoms with van der Waals surface area (Å²) in [6, 6.07) is 2.19. The number of nitrogens with zero attached hydrogens (tertiary/aromatic N) is 2. The Morgan fingerprint density at radius 3 is 2.56 bits per heavy atom. The number of nitrogens with two attached hydrogens (primary N) is 1. The SMILES string of the molecule is N#Cc1cc(OC(F)(F)F)c(N)nc1CF. The summed E-state index contributed by atoms with van der Waals surface area (Å²) in [5, 5.41) is 8.53. The van der Waals surface area contributed by atoms with Crippen molar-refractivity contribution in [1.29, 1.82) is 5.26 Å². The van der Waals surface area contributed by atoms with Gasteiger partial charge < -0.3 is 10.5 Å². The highest BCUT2D eigenvalue weighted by molar-refractivity contribution is 5.52. The van der Waals surface area contributed by atoms with Crippen molar-refractivity contribution in [3.8, 4) is 11.8 Å². The minimum absolute atomic E-state index is 0.325. The number of aromatic nitrogens is 1. The Morgan fingerprint density at radius 2 is 2.12 bits per heavy atom. The van der Waals surface area contributed by atoms with Gasteiger partial charge in [0.25, 0.3) is 0 Å². The fourth-order valence-electron chi connectivity index (χ4n) is 0.954. The van der Waals surface area contributed by atoms with Crippen LogP contribution in [0.15, 0.2) is 6.07 Å². The second kappa shape index (κ2) is 4.22. The highest BCUT2D eigenvalue weighted by Gasteiger charge is 2.32. The molecule has 1 heterocycles. The van der Waals surface area contributed by atoms with E-state index >= 15 is 0 Å². The Balaban J connectivity index is 3.18. The van der Waals surface area contributed by atoms with Gasteiger partial charge in [-0.05, 0) is 0 Å². The maximum absolute atomic E-state index is 12.3. The Bertz CT molecular complexity index is 438. The first-order valence-corrected chi connectivity index (χ1v) is 3.88. The Labute approximate surface area is 87.3 Å². The Morgan fingerprint density at radius 1 is 1.50 bits per heavy atom. The van der Waals surface area contributed by atoms with Gasteiger partial charge in [-0.3, -0.25) is 0 Å². The van der Waals surface area contributed by atoms with Gasteiger partial charge in [0.2, 0.25) is 0 Å². The molecule has 1 aromatic heterocycles. The molecule has 4 nitrogen and oxygen atoms in total. The predicted octanol–water partition coefficient (Wildman–Crippen LogP) is 1.90. The van der Waals surface area contributed by atoms with Crippen molar-refractivity contribution in [2.45, 2.75) is 13.0 Å². The van der Waals surface area contributed by atoms with Crippen LogP contribution in [0.5, 0.6) is 5.75 Å². The van der Waals surface area contributed by atoms with Crippen LogP contribution < -0.4 is 10.5 Å². The van der Waals surface area contributed by atoms with Crippen LogP contribution in [0.4, 0.5) is 23.4 Å². The molecule has 0 amide bonds. The largest absolute Gasteiger partial charge is 0.573 e. The molecular weight excluding hydrogens is 230 g/mol. The molecule has 8 heteroatoms. The number of hydrogen-bond donors (Lipinski definition) is 1. The monoisotopic (exact) mass is 235 g/mol. The van der Waals surface area contributed by atoms with Gasteiger partial charge >= 0.3 is 6.36 Å². The van der Waals surface area contributed by atoms with Crippen molar-refractivity contribution < 1.29 is 22.3 Å². The quantitative estimate of drug-likeness (QED) is 0.794. The van der Waals surface area contributed by atoms with E-state index in [1.54, 1.807) is 0 Å². The third kappa shape index (κ3) is 2.73.